The number of nitrogens with zero attached hydrogens (tertiary/aromatic N) is 4. The van der Waals surface area contributed by atoms with Gasteiger partial charge in [0, 0.05) is 38.8 Å². The summed E-state index contributed by atoms with van der Waals surface area (Å²) >= 11 is 0. The van der Waals surface area contributed by atoms with Crippen LogP contribution < -0.4 is 5.32 Å². The van der Waals surface area contributed by atoms with E-state index in [1.165, 1.54) is 5.57 Å². The molecule has 5 nitrogen and oxygen atoms in total. The van der Waals surface area contributed by atoms with Gasteiger partial charge in [-0.3, -0.25) is 0 Å². The van der Waals surface area contributed by atoms with Crippen molar-refractivity contribution in [2.75, 3.05) is 5.32 Å². The smallest absolute Gasteiger partial charge is 0.0998 e. The summed E-state index contributed by atoms with van der Waals surface area (Å²) < 4.78 is 2.36. The van der Waals surface area contributed by atoms with Crippen LogP contribution in [0.3, 0.4) is 0 Å². The molecule has 0 amide bonds. The molecular formula is C47H33N5. The third kappa shape index (κ3) is 5.80. The number of benzene rings is 5. The van der Waals surface area contributed by atoms with Crippen molar-refractivity contribution in [3.8, 4) is 29.3 Å². The number of nitrogens with one attached hydrogen (secondary N) is 1. The number of rotatable bonds is 6. The number of aromatic nitrogens is 1. The highest BCUT2D eigenvalue weighted by molar-refractivity contribution is 6.10. The molecule has 1 atom stereocenters. The standard InChI is InChI=1S/C47H33N5/c1-31-8-2-3-12-39(31)42-27-33(29-49)17-25-44(42)51-43-24-16-32(28-48)26-41(43)36-10-6-9-34(18-19-36)35-20-22-38(23-21-35)52-45-14-5-4-13-40(45)47-37(30-50)11-7-15-46(47)52/h2-18,20-22,24-27,38,51H,19,23H2,1H3. The molecule has 1 aromatic heterocycles. The number of hydrogen-bond donors (Lipinski definition) is 1. The summed E-state index contributed by atoms with van der Waals surface area (Å²) in [6.07, 6.45) is 16.9. The number of fused-ring (bicyclic) bond motifs is 3. The molecule has 8 rings (SSSR count). The third-order valence-corrected chi connectivity index (χ3v) is 10.1. The fraction of sp³-hybridized carbons (Fsp3) is 0.0851. The molecule has 1 N–H and O–H groups in total. The molecule has 2 aliphatic carbocycles. The van der Waals surface area contributed by atoms with Gasteiger partial charge < -0.3 is 9.88 Å². The average Bonchev–Trinajstić information content (AvgIpc) is 3.33. The molecule has 1 unspecified atom stereocenters. The van der Waals surface area contributed by atoms with E-state index in [0.717, 1.165) is 73.0 Å². The van der Waals surface area contributed by atoms with Gasteiger partial charge >= 0.3 is 0 Å². The van der Waals surface area contributed by atoms with Crippen molar-refractivity contribution in [2.45, 2.75) is 25.8 Å². The molecule has 0 saturated heterocycles. The van der Waals surface area contributed by atoms with Gasteiger partial charge in [-0.15, -0.1) is 0 Å². The Morgan fingerprint density at radius 2 is 1.38 bits per heavy atom. The van der Waals surface area contributed by atoms with Crippen LogP contribution in [-0.4, -0.2) is 4.57 Å². The van der Waals surface area contributed by atoms with Crippen molar-refractivity contribution in [1.29, 1.82) is 15.8 Å². The molecule has 52 heavy (non-hydrogen) atoms. The lowest BCUT2D eigenvalue weighted by molar-refractivity contribution is 0.645. The topological polar surface area (TPSA) is 88.3 Å². The molecule has 5 aromatic carbocycles. The zero-order chi connectivity index (χ0) is 35.6. The summed E-state index contributed by atoms with van der Waals surface area (Å²) in [5.41, 5.74) is 13.4. The number of para-hydroxylation sites is 1. The highest BCUT2D eigenvalue weighted by Crippen LogP contribution is 2.39. The third-order valence-electron chi connectivity index (χ3n) is 10.1. The minimum atomic E-state index is 0.123. The number of anilines is 2. The van der Waals surface area contributed by atoms with Crippen LogP contribution >= 0.6 is 0 Å². The Balaban J connectivity index is 1.08. The molecule has 1 heterocycles. The van der Waals surface area contributed by atoms with E-state index in [1.54, 1.807) is 0 Å². The lowest BCUT2D eigenvalue weighted by Crippen LogP contribution is -2.08. The van der Waals surface area contributed by atoms with E-state index in [0.29, 0.717) is 23.1 Å². The van der Waals surface area contributed by atoms with E-state index < -0.39 is 0 Å². The predicted octanol–water partition coefficient (Wildman–Crippen LogP) is 11.5. The van der Waals surface area contributed by atoms with Crippen LogP contribution in [-0.2, 0) is 0 Å². The van der Waals surface area contributed by atoms with Crippen molar-refractivity contribution in [3.05, 3.63) is 185 Å². The van der Waals surface area contributed by atoms with Crippen molar-refractivity contribution in [2.24, 2.45) is 0 Å². The molecule has 0 spiro atoms. The molecule has 0 aliphatic heterocycles. The highest BCUT2D eigenvalue weighted by atomic mass is 15.0. The van der Waals surface area contributed by atoms with Gasteiger partial charge in [0.2, 0.25) is 0 Å². The maximum Gasteiger partial charge on any atom is 0.0998 e. The summed E-state index contributed by atoms with van der Waals surface area (Å²) in [5.74, 6) is 0. The van der Waals surface area contributed by atoms with Crippen LogP contribution in [0.15, 0.2) is 157 Å². The number of aryl methyl sites for hydroxylation is 1. The van der Waals surface area contributed by atoms with Gasteiger partial charge in [-0.25, -0.2) is 0 Å². The summed E-state index contributed by atoms with van der Waals surface area (Å²) in [5, 5.41) is 35.2. The molecule has 246 valence electrons. The maximum atomic E-state index is 9.87. The van der Waals surface area contributed by atoms with Gasteiger partial charge in [0.15, 0.2) is 0 Å². The van der Waals surface area contributed by atoms with Crippen LogP contribution in [0.5, 0.6) is 0 Å². The predicted molar refractivity (Wildman–Crippen MR) is 211 cm³/mol. The van der Waals surface area contributed by atoms with Crippen LogP contribution in [0.2, 0.25) is 0 Å². The Labute approximate surface area is 303 Å². The lowest BCUT2D eigenvalue weighted by atomic mass is 9.94. The molecule has 0 saturated carbocycles. The van der Waals surface area contributed by atoms with Gasteiger partial charge in [0.1, 0.15) is 0 Å². The van der Waals surface area contributed by atoms with E-state index in [-0.39, 0.29) is 6.04 Å². The molecule has 2 aliphatic rings. The Morgan fingerprint density at radius 1 is 0.673 bits per heavy atom. The summed E-state index contributed by atoms with van der Waals surface area (Å²) in [6, 6.07) is 41.1. The van der Waals surface area contributed by atoms with Crippen LogP contribution in [0.25, 0.3) is 38.5 Å². The molecule has 0 bridgehead atoms. The fourth-order valence-corrected chi connectivity index (χ4v) is 7.51. The van der Waals surface area contributed by atoms with E-state index in [9.17, 15) is 15.8 Å². The van der Waals surface area contributed by atoms with Crippen molar-refractivity contribution >= 4 is 38.8 Å². The Morgan fingerprint density at radius 3 is 2.13 bits per heavy atom. The first kappa shape index (κ1) is 32.1. The van der Waals surface area contributed by atoms with Crippen LogP contribution in [0, 0.1) is 40.9 Å². The largest absolute Gasteiger partial charge is 0.355 e. The van der Waals surface area contributed by atoms with Crippen molar-refractivity contribution < 1.29 is 0 Å². The zero-order valence-corrected chi connectivity index (χ0v) is 28.6. The quantitative estimate of drug-likeness (QED) is 0.191. The number of hydrogen-bond acceptors (Lipinski definition) is 4. The first-order valence-electron chi connectivity index (χ1n) is 17.4. The van der Waals surface area contributed by atoms with Gasteiger partial charge in [-0.2, -0.15) is 15.8 Å². The second kappa shape index (κ2) is 13.6. The van der Waals surface area contributed by atoms with E-state index >= 15 is 0 Å². The minimum absolute atomic E-state index is 0.123. The highest BCUT2D eigenvalue weighted by Gasteiger charge is 2.21. The minimum Gasteiger partial charge on any atom is -0.355 e. The van der Waals surface area contributed by atoms with Crippen LogP contribution in [0.4, 0.5) is 11.4 Å². The van der Waals surface area contributed by atoms with Crippen molar-refractivity contribution in [1.82, 2.24) is 4.57 Å². The Kier molecular flexibility index (Phi) is 8.42. The second-order valence-corrected chi connectivity index (χ2v) is 13.1. The van der Waals surface area contributed by atoms with Gasteiger partial charge in [0.05, 0.1) is 46.5 Å². The fourth-order valence-electron chi connectivity index (χ4n) is 7.51. The molecule has 6 aromatic rings. The first-order chi connectivity index (χ1) is 25.6. The first-order valence-corrected chi connectivity index (χ1v) is 17.4. The summed E-state index contributed by atoms with van der Waals surface area (Å²) in [6.45, 7) is 2.07. The normalized spacial score (nSPS) is 15.2. The SMILES string of the molecule is Cc1ccccc1-c1cc(C#N)ccc1Nc1ccc(C#N)cc1C1=CC=CC(C2=CCC(n3c4ccccc4c4c(C#N)cccc43)C=C2)=CC1. The van der Waals surface area contributed by atoms with Crippen LogP contribution in [0.1, 0.15) is 46.7 Å². The van der Waals surface area contributed by atoms with Gasteiger partial charge in [0.25, 0.3) is 0 Å². The van der Waals surface area contributed by atoms with E-state index in [4.69, 9.17) is 0 Å². The Hall–Kier alpha value is -7.13. The van der Waals surface area contributed by atoms with Gasteiger partial charge in [-0.1, -0.05) is 91.1 Å². The number of allylic oxidation sites excluding steroid dienone is 10. The van der Waals surface area contributed by atoms with Gasteiger partial charge in [-0.05, 0) is 102 Å². The van der Waals surface area contributed by atoms with Crippen molar-refractivity contribution in [3.63, 3.8) is 0 Å². The monoisotopic (exact) mass is 667 g/mol. The molecule has 0 fully saturated rings. The summed E-state index contributed by atoms with van der Waals surface area (Å²) in [7, 11) is 0. The zero-order valence-electron chi connectivity index (χ0n) is 28.6. The molecule has 0 radical (unpaired) electrons. The maximum absolute atomic E-state index is 9.87. The van der Waals surface area contributed by atoms with E-state index in [2.05, 4.69) is 114 Å². The second-order valence-electron chi connectivity index (χ2n) is 13.1. The summed E-state index contributed by atoms with van der Waals surface area (Å²) in [4.78, 5) is 0. The Bertz CT molecular complexity index is 2710. The lowest BCUT2D eigenvalue weighted by Gasteiger charge is -2.21. The number of nitriles is 3. The average molecular weight is 668 g/mol. The molecule has 5 heteroatoms. The molecular weight excluding hydrogens is 635 g/mol. The van der Waals surface area contributed by atoms with E-state index in [1.807, 2.05) is 66.7 Å².